The maximum atomic E-state index is 13.1. The molecule has 0 atom stereocenters. The molecule has 0 saturated heterocycles. The quantitative estimate of drug-likeness (QED) is 0.435. The van der Waals surface area contributed by atoms with Gasteiger partial charge in [0.05, 0.1) is 41.3 Å². The number of alkyl halides is 3. The van der Waals surface area contributed by atoms with Crippen molar-refractivity contribution in [3.05, 3.63) is 34.8 Å². The molecule has 0 bridgehead atoms. The molecule has 0 aliphatic carbocycles. The summed E-state index contributed by atoms with van der Waals surface area (Å²) in [5.74, 6) is -0.215. The zero-order valence-corrected chi connectivity index (χ0v) is 21.4. The summed E-state index contributed by atoms with van der Waals surface area (Å²) in [6, 6.07) is 3.02. The summed E-state index contributed by atoms with van der Waals surface area (Å²) in [5, 5.41) is 9.54. The van der Waals surface area contributed by atoms with Crippen LogP contribution in [0.5, 0.6) is 0 Å². The van der Waals surface area contributed by atoms with Crippen LogP contribution in [0.1, 0.15) is 38.6 Å². The smallest absolute Gasteiger partial charge is 0.392 e. The minimum Gasteiger partial charge on any atom is -0.392 e. The predicted molar refractivity (Wildman–Crippen MR) is 132 cm³/mol. The van der Waals surface area contributed by atoms with Crippen LogP contribution < -0.4 is 0 Å². The number of hydrogen-bond acceptors (Lipinski definition) is 8. The first-order chi connectivity index (χ1) is 16.8. The van der Waals surface area contributed by atoms with E-state index in [1.54, 1.807) is 0 Å². The van der Waals surface area contributed by atoms with E-state index in [1.165, 1.54) is 18.6 Å². The Morgan fingerprint density at radius 1 is 1.28 bits per heavy atom. The van der Waals surface area contributed by atoms with Gasteiger partial charge in [0, 0.05) is 25.6 Å². The average molecular weight is 530 g/mol. The summed E-state index contributed by atoms with van der Waals surface area (Å²) in [7, 11) is -3.55. The molecule has 1 aromatic heterocycles. The number of aromatic nitrogens is 2. The Kier molecular flexibility index (Phi) is 9.69. The highest BCUT2D eigenvalue weighted by molar-refractivity contribution is 7.90. The summed E-state index contributed by atoms with van der Waals surface area (Å²) in [4.78, 5) is 24.9. The lowest BCUT2D eigenvalue weighted by Gasteiger charge is -2.26. The molecule has 1 aromatic carbocycles. The zero-order chi connectivity index (χ0) is 27.3. The van der Waals surface area contributed by atoms with Gasteiger partial charge in [0.1, 0.15) is 5.82 Å². The van der Waals surface area contributed by atoms with E-state index < -0.39 is 39.7 Å². The van der Waals surface area contributed by atoms with Gasteiger partial charge in [-0.2, -0.15) is 13.2 Å². The minimum atomic E-state index is -4.83. The van der Waals surface area contributed by atoms with Crippen molar-refractivity contribution in [3.8, 4) is 0 Å². The topological polar surface area (TPSA) is 117 Å². The summed E-state index contributed by atoms with van der Waals surface area (Å²) in [5.41, 5.74) is -0.672. The number of allylic oxidation sites excluding steroid dienone is 2. The Hall–Kier alpha value is -2.90. The number of ketones is 1. The number of Topliss-reactive ketones (excluding diaryl/α,β-unsaturated/α-hetero) is 1. The second-order valence-corrected chi connectivity index (χ2v) is 10.2. The van der Waals surface area contributed by atoms with Gasteiger partial charge in [0.25, 0.3) is 0 Å². The largest absolute Gasteiger partial charge is 0.434 e. The van der Waals surface area contributed by atoms with Gasteiger partial charge in [-0.25, -0.2) is 13.4 Å². The van der Waals surface area contributed by atoms with Crippen molar-refractivity contribution in [1.82, 2.24) is 14.5 Å². The van der Waals surface area contributed by atoms with Crippen LogP contribution in [0.15, 0.2) is 38.3 Å². The molecule has 1 aliphatic heterocycles. The number of halogens is 3. The number of hydrogen-bond donors (Lipinski definition) is 1. The van der Waals surface area contributed by atoms with Gasteiger partial charge in [-0.3, -0.25) is 19.7 Å². The van der Waals surface area contributed by atoms with Gasteiger partial charge in [-0.1, -0.05) is 20.3 Å². The van der Waals surface area contributed by atoms with Gasteiger partial charge in [0.2, 0.25) is 0 Å². The Bertz CT molecular complexity index is 1300. The van der Waals surface area contributed by atoms with Crippen LogP contribution >= 0.6 is 0 Å². The lowest BCUT2D eigenvalue weighted by atomic mass is 10.1. The van der Waals surface area contributed by atoms with Crippen molar-refractivity contribution in [2.75, 3.05) is 19.5 Å². The number of sulfone groups is 1. The Labute approximate surface area is 208 Å². The Morgan fingerprint density at radius 2 is 1.92 bits per heavy atom. The molecule has 0 spiro atoms. The lowest BCUT2D eigenvalue weighted by Crippen LogP contribution is -2.34. The van der Waals surface area contributed by atoms with E-state index in [-0.39, 0.29) is 17.1 Å². The van der Waals surface area contributed by atoms with Crippen molar-refractivity contribution in [3.63, 3.8) is 0 Å². The molecule has 9 nitrogen and oxygen atoms in total. The number of benzene rings is 1. The Balaban J connectivity index is 0.00000145. The SMILES string of the molecule is C=N/C(=C(\C=N/CN1CCn2c(nc3cc(CO)c(S(C)(=O)=O)cc32)C1)C(C)=O)C(F)(F)F.CCC. The number of imidazole rings is 1. The van der Waals surface area contributed by atoms with Crippen molar-refractivity contribution < 1.29 is 31.5 Å². The molecular weight excluding hydrogens is 499 g/mol. The van der Waals surface area contributed by atoms with Gasteiger partial charge in [0.15, 0.2) is 21.3 Å². The first-order valence-electron chi connectivity index (χ1n) is 11.1. The van der Waals surface area contributed by atoms with Crippen LogP contribution in [-0.4, -0.2) is 72.3 Å². The number of nitrogens with zero attached hydrogens (tertiary/aromatic N) is 5. The van der Waals surface area contributed by atoms with Crippen LogP contribution in [-0.2, 0) is 34.3 Å². The van der Waals surface area contributed by atoms with Crippen molar-refractivity contribution in [1.29, 1.82) is 0 Å². The highest BCUT2D eigenvalue weighted by Crippen LogP contribution is 2.29. The van der Waals surface area contributed by atoms with E-state index in [0.29, 0.717) is 36.5 Å². The molecule has 0 radical (unpaired) electrons. The summed E-state index contributed by atoms with van der Waals surface area (Å²) in [6.45, 7) is 8.91. The molecule has 0 saturated carbocycles. The van der Waals surface area contributed by atoms with E-state index >= 15 is 0 Å². The number of carbonyl (C=O) groups is 1. The first kappa shape index (κ1) is 29.3. The molecule has 2 heterocycles. The number of rotatable bonds is 7. The normalized spacial score (nSPS) is 15.3. The summed E-state index contributed by atoms with van der Waals surface area (Å²) in [6.07, 6.45) is -1.66. The third-order valence-corrected chi connectivity index (χ3v) is 6.33. The monoisotopic (exact) mass is 529 g/mol. The molecule has 198 valence electrons. The molecule has 13 heteroatoms. The van der Waals surface area contributed by atoms with E-state index in [4.69, 9.17) is 0 Å². The van der Waals surface area contributed by atoms with Crippen LogP contribution in [0.4, 0.5) is 13.2 Å². The number of aliphatic hydroxyl groups is 1. The summed E-state index contributed by atoms with van der Waals surface area (Å²) >= 11 is 0. The average Bonchev–Trinajstić information content (AvgIpc) is 3.13. The third-order valence-electron chi connectivity index (χ3n) is 5.15. The molecule has 0 unspecified atom stereocenters. The van der Waals surface area contributed by atoms with Crippen molar-refractivity contribution in [2.24, 2.45) is 9.98 Å². The van der Waals surface area contributed by atoms with Crippen molar-refractivity contribution >= 4 is 39.6 Å². The van der Waals surface area contributed by atoms with Gasteiger partial charge in [-0.05, 0) is 31.3 Å². The molecule has 0 amide bonds. The fourth-order valence-electron chi connectivity index (χ4n) is 3.62. The summed E-state index contributed by atoms with van der Waals surface area (Å²) < 4.78 is 65.2. The van der Waals surface area contributed by atoms with Gasteiger partial charge >= 0.3 is 6.18 Å². The van der Waals surface area contributed by atoms with E-state index in [2.05, 4.69) is 35.5 Å². The second-order valence-electron chi connectivity index (χ2n) is 8.25. The standard InChI is InChI=1S/C20H22F3N5O4S.C3H8/c1-12(30)14(19(24-2)20(21,22)23)8-25-11-27-4-5-28-16-7-17(33(3,31)32)13(10-29)6-15(16)26-18(28)9-27;1-3-2/h6-8,29H,2,4-5,9-11H2,1,3H3;3H2,1-2H3/b19-14+,25-8-;. The Morgan fingerprint density at radius 3 is 2.42 bits per heavy atom. The van der Waals surface area contributed by atoms with Gasteiger partial charge < -0.3 is 9.67 Å². The van der Waals surface area contributed by atoms with Crippen LogP contribution in [0.3, 0.4) is 0 Å². The zero-order valence-electron chi connectivity index (χ0n) is 20.6. The van der Waals surface area contributed by atoms with E-state index in [9.17, 15) is 31.5 Å². The second kappa shape index (κ2) is 11.9. The third kappa shape index (κ3) is 6.86. The molecule has 3 rings (SSSR count). The number of aliphatic hydroxyl groups excluding tert-OH is 1. The number of carbonyl (C=O) groups excluding carboxylic acids is 1. The van der Waals surface area contributed by atoms with Crippen LogP contribution in [0.25, 0.3) is 11.0 Å². The molecule has 0 fully saturated rings. The van der Waals surface area contributed by atoms with E-state index in [0.717, 1.165) is 19.4 Å². The fourth-order valence-corrected chi connectivity index (χ4v) is 4.54. The molecule has 36 heavy (non-hydrogen) atoms. The maximum Gasteiger partial charge on any atom is 0.434 e. The molecular formula is C23H30F3N5O4S. The first-order valence-corrected chi connectivity index (χ1v) is 13.0. The minimum absolute atomic E-state index is 0.0126. The fraction of sp³-hybridized carbons (Fsp3) is 0.478. The van der Waals surface area contributed by atoms with Crippen molar-refractivity contribution in [2.45, 2.75) is 58.0 Å². The van der Waals surface area contributed by atoms with Crippen LogP contribution in [0, 0.1) is 0 Å². The maximum absolute atomic E-state index is 13.1. The highest BCUT2D eigenvalue weighted by Gasteiger charge is 2.36. The molecule has 2 aromatic rings. The predicted octanol–water partition coefficient (Wildman–Crippen LogP) is 3.30. The molecule has 1 N–H and O–H groups in total. The van der Waals surface area contributed by atoms with Crippen LogP contribution in [0.2, 0.25) is 0 Å². The highest BCUT2D eigenvalue weighted by atomic mass is 32.2. The molecule has 1 aliphatic rings. The number of aliphatic imine (C=N–C) groups is 2. The van der Waals surface area contributed by atoms with Gasteiger partial charge in [-0.15, -0.1) is 0 Å². The lowest BCUT2D eigenvalue weighted by molar-refractivity contribution is -0.115. The van der Waals surface area contributed by atoms with E-state index in [1.807, 2.05) is 9.47 Å². The number of fused-ring (bicyclic) bond motifs is 3.